The lowest BCUT2D eigenvalue weighted by Gasteiger charge is -2.04. The maximum atomic E-state index is 13.5. The van der Waals surface area contributed by atoms with Crippen molar-refractivity contribution in [2.24, 2.45) is 0 Å². The molecule has 112 valence electrons. The highest BCUT2D eigenvalue weighted by Crippen LogP contribution is 2.22. The van der Waals surface area contributed by atoms with Crippen LogP contribution in [0.2, 0.25) is 0 Å². The van der Waals surface area contributed by atoms with Crippen molar-refractivity contribution in [3.8, 4) is 11.3 Å². The topological polar surface area (TPSA) is 55.1 Å². The van der Waals surface area contributed by atoms with Crippen LogP contribution in [0.1, 0.15) is 0 Å². The summed E-state index contributed by atoms with van der Waals surface area (Å²) in [5.41, 5.74) is 3.06. The molecule has 1 aromatic carbocycles. The summed E-state index contributed by atoms with van der Waals surface area (Å²) in [6.45, 7) is 0. The highest BCUT2D eigenvalue weighted by molar-refractivity contribution is 5.64. The zero-order chi connectivity index (χ0) is 15.6. The zero-order valence-corrected chi connectivity index (χ0v) is 12.0. The second-order valence-electron chi connectivity index (χ2n) is 4.99. The minimum Gasteiger partial charge on any atom is -0.323 e. The molecule has 0 amide bonds. The normalized spacial score (nSPS) is 10.8. The lowest BCUT2D eigenvalue weighted by Crippen LogP contribution is -1.96. The SMILES string of the molecule is Fc1cccc(-c2cccc3nc(Nc4ccncc4)nn23)c1. The molecule has 3 heterocycles. The van der Waals surface area contributed by atoms with E-state index in [1.54, 1.807) is 23.0 Å². The Kier molecular flexibility index (Phi) is 3.20. The third-order valence-corrected chi connectivity index (χ3v) is 3.42. The van der Waals surface area contributed by atoms with Crippen molar-refractivity contribution in [2.45, 2.75) is 0 Å². The first-order valence-corrected chi connectivity index (χ1v) is 7.08. The van der Waals surface area contributed by atoms with E-state index in [1.807, 2.05) is 36.4 Å². The molecule has 1 N–H and O–H groups in total. The minimum absolute atomic E-state index is 0.283. The number of hydrogen-bond donors (Lipinski definition) is 1. The monoisotopic (exact) mass is 305 g/mol. The van der Waals surface area contributed by atoms with Gasteiger partial charge in [0.25, 0.3) is 0 Å². The van der Waals surface area contributed by atoms with Gasteiger partial charge in [0.2, 0.25) is 5.95 Å². The molecule has 23 heavy (non-hydrogen) atoms. The van der Waals surface area contributed by atoms with Crippen molar-refractivity contribution in [1.82, 2.24) is 19.6 Å². The van der Waals surface area contributed by atoms with Crippen LogP contribution in [-0.4, -0.2) is 19.6 Å². The molecule has 0 aliphatic carbocycles. The third kappa shape index (κ3) is 2.62. The summed E-state index contributed by atoms with van der Waals surface area (Å²) in [4.78, 5) is 8.41. The van der Waals surface area contributed by atoms with Crippen molar-refractivity contribution < 1.29 is 4.39 Å². The summed E-state index contributed by atoms with van der Waals surface area (Å²) in [6, 6.07) is 15.7. The lowest BCUT2D eigenvalue weighted by molar-refractivity contribution is 0.628. The Bertz CT molecular complexity index is 965. The van der Waals surface area contributed by atoms with E-state index in [1.165, 1.54) is 12.1 Å². The number of hydrogen-bond acceptors (Lipinski definition) is 4. The Morgan fingerprint density at radius 3 is 2.61 bits per heavy atom. The van der Waals surface area contributed by atoms with Gasteiger partial charge in [-0.25, -0.2) is 8.91 Å². The first-order valence-electron chi connectivity index (χ1n) is 7.08. The summed E-state index contributed by atoms with van der Waals surface area (Å²) < 4.78 is 15.2. The van der Waals surface area contributed by atoms with E-state index >= 15 is 0 Å². The van der Waals surface area contributed by atoms with Crippen LogP contribution < -0.4 is 5.32 Å². The number of pyridine rings is 2. The van der Waals surface area contributed by atoms with E-state index in [2.05, 4.69) is 20.4 Å². The predicted octanol–water partition coefficient (Wildman–Crippen LogP) is 3.67. The first-order chi connectivity index (χ1) is 11.3. The van der Waals surface area contributed by atoms with Gasteiger partial charge in [-0.3, -0.25) is 4.98 Å². The highest BCUT2D eigenvalue weighted by Gasteiger charge is 2.09. The van der Waals surface area contributed by atoms with Crippen LogP contribution in [0.3, 0.4) is 0 Å². The van der Waals surface area contributed by atoms with Crippen LogP contribution in [0.25, 0.3) is 16.9 Å². The second kappa shape index (κ2) is 5.49. The molecule has 0 saturated carbocycles. The quantitative estimate of drug-likeness (QED) is 0.627. The molecule has 0 atom stereocenters. The predicted molar refractivity (Wildman–Crippen MR) is 85.9 cm³/mol. The van der Waals surface area contributed by atoms with Crippen molar-refractivity contribution in [1.29, 1.82) is 0 Å². The van der Waals surface area contributed by atoms with Gasteiger partial charge >= 0.3 is 0 Å². The molecule has 4 rings (SSSR count). The van der Waals surface area contributed by atoms with Crippen molar-refractivity contribution in [2.75, 3.05) is 5.32 Å². The van der Waals surface area contributed by atoms with Crippen LogP contribution in [-0.2, 0) is 0 Å². The maximum absolute atomic E-state index is 13.5. The average Bonchev–Trinajstić information content (AvgIpc) is 2.98. The fourth-order valence-electron chi connectivity index (χ4n) is 2.39. The fraction of sp³-hybridized carbons (Fsp3) is 0. The molecule has 0 radical (unpaired) electrons. The van der Waals surface area contributed by atoms with Crippen LogP contribution in [0.15, 0.2) is 67.0 Å². The van der Waals surface area contributed by atoms with Crippen LogP contribution in [0.5, 0.6) is 0 Å². The Balaban J connectivity index is 1.79. The summed E-state index contributed by atoms with van der Waals surface area (Å²) in [6.07, 6.45) is 3.38. The highest BCUT2D eigenvalue weighted by atomic mass is 19.1. The van der Waals surface area contributed by atoms with E-state index in [-0.39, 0.29) is 5.82 Å². The Hall–Kier alpha value is -3.28. The van der Waals surface area contributed by atoms with Gasteiger partial charge in [0.05, 0.1) is 5.69 Å². The summed E-state index contributed by atoms with van der Waals surface area (Å²) >= 11 is 0. The standard InChI is InChI=1S/C17H12FN5/c18-13-4-1-3-12(11-13)15-5-2-6-16-21-17(22-23(15)16)20-14-7-9-19-10-8-14/h1-11H,(H,19,20,22). The fourth-order valence-corrected chi connectivity index (χ4v) is 2.39. The van der Waals surface area contributed by atoms with E-state index in [4.69, 9.17) is 0 Å². The lowest BCUT2D eigenvalue weighted by atomic mass is 10.1. The van der Waals surface area contributed by atoms with Gasteiger partial charge in [0.15, 0.2) is 5.65 Å². The molecule has 4 aromatic rings. The Morgan fingerprint density at radius 1 is 0.957 bits per heavy atom. The van der Waals surface area contributed by atoms with Gasteiger partial charge in [-0.2, -0.15) is 4.98 Å². The molecule has 5 nitrogen and oxygen atoms in total. The smallest absolute Gasteiger partial charge is 0.247 e. The van der Waals surface area contributed by atoms with Gasteiger partial charge in [-0.05, 0) is 36.4 Å². The van der Waals surface area contributed by atoms with Gasteiger partial charge in [0.1, 0.15) is 5.82 Å². The van der Waals surface area contributed by atoms with Crippen molar-refractivity contribution in [3.05, 3.63) is 72.8 Å². The van der Waals surface area contributed by atoms with E-state index in [9.17, 15) is 4.39 Å². The zero-order valence-electron chi connectivity index (χ0n) is 12.0. The van der Waals surface area contributed by atoms with Gasteiger partial charge < -0.3 is 5.32 Å². The minimum atomic E-state index is -0.283. The largest absolute Gasteiger partial charge is 0.323 e. The number of halogens is 1. The summed E-state index contributed by atoms with van der Waals surface area (Å²) in [7, 11) is 0. The maximum Gasteiger partial charge on any atom is 0.247 e. The number of nitrogens with one attached hydrogen (secondary N) is 1. The van der Waals surface area contributed by atoms with Crippen LogP contribution in [0.4, 0.5) is 16.0 Å². The second-order valence-corrected chi connectivity index (χ2v) is 4.99. The number of anilines is 2. The van der Waals surface area contributed by atoms with Crippen molar-refractivity contribution in [3.63, 3.8) is 0 Å². The number of fused-ring (bicyclic) bond motifs is 1. The molecule has 0 aliphatic rings. The number of benzene rings is 1. The first kappa shape index (κ1) is 13.4. The molecular formula is C17H12FN5. The third-order valence-electron chi connectivity index (χ3n) is 3.42. The van der Waals surface area contributed by atoms with Crippen LogP contribution in [0, 0.1) is 5.82 Å². The Labute approximate surface area is 131 Å². The molecule has 0 bridgehead atoms. The average molecular weight is 305 g/mol. The van der Waals surface area contributed by atoms with E-state index < -0.39 is 0 Å². The number of rotatable bonds is 3. The van der Waals surface area contributed by atoms with Crippen molar-refractivity contribution >= 4 is 17.3 Å². The van der Waals surface area contributed by atoms with E-state index in [0.717, 1.165) is 16.9 Å². The molecule has 0 unspecified atom stereocenters. The molecule has 0 fully saturated rings. The molecular weight excluding hydrogens is 293 g/mol. The molecule has 0 aliphatic heterocycles. The number of nitrogens with zero attached hydrogens (tertiary/aromatic N) is 4. The Morgan fingerprint density at radius 2 is 1.78 bits per heavy atom. The van der Waals surface area contributed by atoms with Gasteiger partial charge in [-0.1, -0.05) is 18.2 Å². The summed E-state index contributed by atoms with van der Waals surface area (Å²) in [5, 5.41) is 7.59. The van der Waals surface area contributed by atoms with Crippen LogP contribution >= 0.6 is 0 Å². The summed E-state index contributed by atoms with van der Waals surface area (Å²) in [5.74, 6) is 0.190. The van der Waals surface area contributed by atoms with Gasteiger partial charge in [0, 0.05) is 23.6 Å². The molecule has 0 saturated heterocycles. The van der Waals surface area contributed by atoms with Gasteiger partial charge in [-0.15, -0.1) is 5.10 Å². The molecule has 6 heteroatoms. The van der Waals surface area contributed by atoms with E-state index in [0.29, 0.717) is 11.6 Å². The number of aromatic nitrogens is 4. The molecule has 3 aromatic heterocycles. The molecule has 0 spiro atoms.